The van der Waals surface area contributed by atoms with Gasteiger partial charge in [0.25, 0.3) is 0 Å². The maximum absolute atomic E-state index is 3.59. The molecule has 0 aromatic heterocycles. The van der Waals surface area contributed by atoms with Crippen LogP contribution in [0.2, 0.25) is 0 Å². The van der Waals surface area contributed by atoms with Gasteiger partial charge >= 0.3 is 0 Å². The minimum absolute atomic E-state index is 0.841. The zero-order valence-electron chi connectivity index (χ0n) is 7.30. The second-order valence-corrected chi connectivity index (χ2v) is 2.53. The minimum atomic E-state index is 0.841. The molecule has 2 heteroatoms. The lowest BCUT2D eigenvalue weighted by molar-refractivity contribution is 0.873. The third kappa shape index (κ3) is 2.31. The molecule has 0 saturated heterocycles. The monoisotopic (exact) mass is 162 g/mol. The lowest BCUT2D eigenvalue weighted by Gasteiger charge is -2.02. The van der Waals surface area contributed by atoms with Crippen LogP contribution >= 0.6 is 0 Å². The van der Waals surface area contributed by atoms with Crippen LogP contribution in [0.5, 0.6) is 0 Å². The average molecular weight is 162 g/mol. The second kappa shape index (κ2) is 4.44. The molecule has 0 fully saturated rings. The molecule has 1 aromatic carbocycles. The molecule has 0 aliphatic rings. The van der Waals surface area contributed by atoms with Crippen molar-refractivity contribution in [3.8, 4) is 0 Å². The van der Waals surface area contributed by atoms with Gasteiger partial charge in [0, 0.05) is 19.3 Å². The van der Waals surface area contributed by atoms with Crippen molar-refractivity contribution in [3.05, 3.63) is 42.6 Å². The van der Waals surface area contributed by atoms with Crippen molar-refractivity contribution in [2.24, 2.45) is 0 Å². The first kappa shape index (κ1) is 8.65. The molecule has 64 valence electrons. The van der Waals surface area contributed by atoms with Crippen LogP contribution in [0, 0.1) is 0 Å². The lowest BCUT2D eigenvalue weighted by Crippen LogP contribution is -2.03. The Hall–Kier alpha value is -1.44. The molecular weight excluding hydrogens is 148 g/mol. The van der Waals surface area contributed by atoms with Crippen molar-refractivity contribution in [1.82, 2.24) is 5.32 Å². The molecule has 0 spiro atoms. The van der Waals surface area contributed by atoms with Gasteiger partial charge < -0.3 is 10.6 Å². The molecular formula is C10H14N2. The predicted molar refractivity (Wildman–Crippen MR) is 53.0 cm³/mol. The Bertz CT molecular complexity index is 239. The molecule has 0 amide bonds. The van der Waals surface area contributed by atoms with E-state index in [2.05, 4.69) is 41.5 Å². The summed E-state index contributed by atoms with van der Waals surface area (Å²) in [6, 6.07) is 8.28. The van der Waals surface area contributed by atoms with Crippen LogP contribution < -0.4 is 10.6 Å². The summed E-state index contributed by atoms with van der Waals surface area (Å²) in [6.45, 7) is 4.43. The van der Waals surface area contributed by atoms with Gasteiger partial charge in [0.15, 0.2) is 0 Å². The quantitative estimate of drug-likeness (QED) is 0.707. The van der Waals surface area contributed by atoms with Gasteiger partial charge in [0.1, 0.15) is 0 Å². The molecule has 1 aromatic rings. The molecule has 1 rings (SSSR count). The topological polar surface area (TPSA) is 24.1 Å². The molecule has 0 aliphatic carbocycles. The Morgan fingerprint density at radius 3 is 2.50 bits per heavy atom. The Morgan fingerprint density at radius 2 is 2.00 bits per heavy atom. The fourth-order valence-electron chi connectivity index (χ4n) is 0.979. The molecule has 0 radical (unpaired) electrons. The fourth-order valence-corrected chi connectivity index (χ4v) is 0.979. The zero-order valence-corrected chi connectivity index (χ0v) is 7.30. The Kier molecular flexibility index (Phi) is 3.20. The number of hydrogen-bond donors (Lipinski definition) is 2. The van der Waals surface area contributed by atoms with E-state index in [1.807, 2.05) is 7.05 Å². The summed E-state index contributed by atoms with van der Waals surface area (Å²) >= 11 is 0. The highest BCUT2D eigenvalue weighted by molar-refractivity contribution is 5.43. The third-order valence-electron chi connectivity index (χ3n) is 1.69. The molecule has 12 heavy (non-hydrogen) atoms. The Morgan fingerprint density at radius 1 is 1.33 bits per heavy atom. The lowest BCUT2D eigenvalue weighted by atomic mass is 10.2. The number of benzene rings is 1. The van der Waals surface area contributed by atoms with Crippen molar-refractivity contribution in [3.63, 3.8) is 0 Å². The van der Waals surface area contributed by atoms with Crippen LogP contribution in [-0.4, -0.2) is 7.05 Å². The molecule has 2 nitrogen and oxygen atoms in total. The van der Waals surface area contributed by atoms with Crippen molar-refractivity contribution in [2.75, 3.05) is 12.4 Å². The molecule has 0 heterocycles. The predicted octanol–water partition coefficient (Wildman–Crippen LogP) is 1.96. The van der Waals surface area contributed by atoms with Crippen molar-refractivity contribution < 1.29 is 0 Å². The van der Waals surface area contributed by atoms with Gasteiger partial charge in [-0.05, 0) is 23.9 Å². The summed E-state index contributed by atoms with van der Waals surface area (Å²) in [7, 11) is 1.91. The van der Waals surface area contributed by atoms with Gasteiger partial charge in [-0.3, -0.25) is 0 Å². The van der Waals surface area contributed by atoms with Crippen LogP contribution in [-0.2, 0) is 6.54 Å². The van der Waals surface area contributed by atoms with Gasteiger partial charge in [0.05, 0.1) is 0 Å². The summed E-state index contributed by atoms with van der Waals surface area (Å²) in [6.07, 6.45) is 1.70. The van der Waals surface area contributed by atoms with E-state index in [1.165, 1.54) is 5.56 Å². The van der Waals surface area contributed by atoms with Gasteiger partial charge in [0.2, 0.25) is 0 Å². The van der Waals surface area contributed by atoms with Crippen molar-refractivity contribution >= 4 is 5.69 Å². The zero-order chi connectivity index (χ0) is 8.81. The third-order valence-corrected chi connectivity index (χ3v) is 1.69. The van der Waals surface area contributed by atoms with Crippen LogP contribution in [0.3, 0.4) is 0 Å². The minimum Gasteiger partial charge on any atom is -0.388 e. The van der Waals surface area contributed by atoms with E-state index in [4.69, 9.17) is 0 Å². The van der Waals surface area contributed by atoms with E-state index < -0.39 is 0 Å². The summed E-state index contributed by atoms with van der Waals surface area (Å²) < 4.78 is 0. The molecule has 0 bridgehead atoms. The first-order chi connectivity index (χ1) is 5.86. The van der Waals surface area contributed by atoms with Crippen molar-refractivity contribution in [2.45, 2.75) is 6.54 Å². The summed E-state index contributed by atoms with van der Waals surface area (Å²) in [5.74, 6) is 0. The van der Waals surface area contributed by atoms with Crippen molar-refractivity contribution in [1.29, 1.82) is 0 Å². The molecule has 0 saturated carbocycles. The molecule has 2 N–H and O–H groups in total. The Balaban J connectivity index is 2.58. The molecule has 0 unspecified atom stereocenters. The van der Waals surface area contributed by atoms with Gasteiger partial charge in [-0.25, -0.2) is 0 Å². The summed E-state index contributed by atoms with van der Waals surface area (Å²) in [4.78, 5) is 0. The normalized spacial score (nSPS) is 9.08. The van der Waals surface area contributed by atoms with E-state index in [1.54, 1.807) is 6.20 Å². The number of rotatable bonds is 4. The Labute approximate surface area is 73.3 Å². The van der Waals surface area contributed by atoms with E-state index in [0.717, 1.165) is 12.2 Å². The number of anilines is 1. The van der Waals surface area contributed by atoms with E-state index >= 15 is 0 Å². The average Bonchev–Trinajstić information content (AvgIpc) is 2.15. The summed E-state index contributed by atoms with van der Waals surface area (Å²) in [5.41, 5.74) is 2.39. The van der Waals surface area contributed by atoms with Gasteiger partial charge in [-0.15, -0.1) is 0 Å². The standard InChI is InChI=1S/C10H14N2/c1-3-12-8-9-4-6-10(11-2)7-5-9/h3-7,11-12H,1,8H2,2H3. The van der Waals surface area contributed by atoms with Crippen LogP contribution in [0.1, 0.15) is 5.56 Å². The van der Waals surface area contributed by atoms with Crippen LogP contribution in [0.25, 0.3) is 0 Å². The highest BCUT2D eigenvalue weighted by atomic mass is 14.8. The van der Waals surface area contributed by atoms with Crippen LogP contribution in [0.4, 0.5) is 5.69 Å². The maximum atomic E-state index is 3.59. The second-order valence-electron chi connectivity index (χ2n) is 2.53. The fraction of sp³-hybridized carbons (Fsp3) is 0.200. The van der Waals surface area contributed by atoms with Crippen LogP contribution in [0.15, 0.2) is 37.0 Å². The van der Waals surface area contributed by atoms with E-state index in [0.29, 0.717) is 0 Å². The molecule has 0 aliphatic heterocycles. The molecule has 0 atom stereocenters. The first-order valence-electron chi connectivity index (χ1n) is 3.98. The van der Waals surface area contributed by atoms with Gasteiger partial charge in [-0.1, -0.05) is 18.7 Å². The maximum Gasteiger partial charge on any atom is 0.0395 e. The smallest absolute Gasteiger partial charge is 0.0395 e. The van der Waals surface area contributed by atoms with E-state index in [-0.39, 0.29) is 0 Å². The SMILES string of the molecule is C=CNCc1ccc(NC)cc1. The highest BCUT2D eigenvalue weighted by Gasteiger charge is 1.90. The first-order valence-corrected chi connectivity index (χ1v) is 3.98. The summed E-state index contributed by atoms with van der Waals surface area (Å²) in [5, 5.41) is 6.12. The van der Waals surface area contributed by atoms with Gasteiger partial charge in [-0.2, -0.15) is 0 Å². The number of nitrogens with one attached hydrogen (secondary N) is 2. The number of hydrogen-bond acceptors (Lipinski definition) is 2. The van der Waals surface area contributed by atoms with E-state index in [9.17, 15) is 0 Å². The highest BCUT2D eigenvalue weighted by Crippen LogP contribution is 2.07. The largest absolute Gasteiger partial charge is 0.388 e.